The fraction of sp³-hybridized carbons (Fsp3) is 0.829. The third-order valence-electron chi connectivity index (χ3n) is 10.6. The predicted molar refractivity (Wildman–Crippen MR) is 182 cm³/mol. The lowest BCUT2D eigenvalue weighted by Crippen LogP contribution is -2.64. The van der Waals surface area contributed by atoms with Crippen molar-refractivity contribution in [2.75, 3.05) is 20.1 Å². The van der Waals surface area contributed by atoms with Gasteiger partial charge >= 0.3 is 5.97 Å². The number of aliphatic hydroxyl groups is 1. The smallest absolute Gasteiger partial charge is 0.325 e. The Balaban J connectivity index is 1.99. The summed E-state index contributed by atoms with van der Waals surface area (Å²) in [4.78, 5) is 82.7. The first-order valence-electron chi connectivity index (χ1n) is 18.2. The molecular weight excluding hydrogens is 632 g/mol. The second kappa shape index (κ2) is 18.1. The van der Waals surface area contributed by atoms with E-state index in [1.807, 2.05) is 13.8 Å². The molecule has 3 aliphatic rings. The minimum Gasteiger partial charge on any atom is -0.460 e. The van der Waals surface area contributed by atoms with Gasteiger partial charge in [0.05, 0.1) is 12.0 Å². The largest absolute Gasteiger partial charge is 0.460 e. The number of carbonyl (C=O) groups is 6. The Hall–Kier alpha value is -3.26. The van der Waals surface area contributed by atoms with Gasteiger partial charge in [-0.2, -0.15) is 0 Å². The first-order valence-corrected chi connectivity index (χ1v) is 18.2. The van der Waals surface area contributed by atoms with Gasteiger partial charge in [0.15, 0.2) is 0 Å². The summed E-state index contributed by atoms with van der Waals surface area (Å²) in [5, 5.41) is 20.8. The Bertz CT molecular complexity index is 1180. The maximum atomic E-state index is 14.1. The average Bonchev–Trinajstić information content (AvgIpc) is 3.01. The first-order chi connectivity index (χ1) is 23.1. The van der Waals surface area contributed by atoms with Crippen molar-refractivity contribution in [3.05, 3.63) is 0 Å². The van der Waals surface area contributed by atoms with Crippen molar-refractivity contribution in [2.45, 2.75) is 142 Å². The van der Waals surface area contributed by atoms with Crippen LogP contribution in [0.3, 0.4) is 0 Å². The summed E-state index contributed by atoms with van der Waals surface area (Å²) in [5.74, 6) is -4.87. The molecule has 0 unspecified atom stereocenters. The summed E-state index contributed by atoms with van der Waals surface area (Å²) in [6.45, 7) is 8.03. The number of hydrogen-bond donors (Lipinski definition) is 6. The summed E-state index contributed by atoms with van der Waals surface area (Å²) in [6.07, 6.45) is 6.85. The number of nitrogens with one attached hydrogen (secondary N) is 4. The molecule has 0 aromatic heterocycles. The zero-order valence-electron chi connectivity index (χ0n) is 30.2. The number of nitrogens with zero attached hydrogens (tertiary/aromatic N) is 1. The summed E-state index contributed by atoms with van der Waals surface area (Å²) in [5.41, 5.74) is 6.07. The van der Waals surface area contributed by atoms with E-state index >= 15 is 0 Å². The quantitative estimate of drug-likeness (QED) is 0.142. The van der Waals surface area contributed by atoms with Gasteiger partial charge in [-0.3, -0.25) is 28.8 Å². The Morgan fingerprint density at radius 3 is 2.16 bits per heavy atom. The number of amides is 5. The molecule has 1 heterocycles. The lowest BCUT2D eigenvalue weighted by atomic mass is 9.50. The first kappa shape index (κ1) is 40.2. The average molecular weight is 693 g/mol. The van der Waals surface area contributed by atoms with Gasteiger partial charge in [-0.15, -0.1) is 0 Å². The fourth-order valence-electron chi connectivity index (χ4n) is 7.36. The molecule has 0 radical (unpaired) electrons. The number of rotatable bonds is 10. The van der Waals surface area contributed by atoms with Crippen LogP contribution in [0.15, 0.2) is 0 Å². The van der Waals surface area contributed by atoms with Gasteiger partial charge in [0, 0.05) is 13.6 Å². The van der Waals surface area contributed by atoms with E-state index in [4.69, 9.17) is 10.5 Å². The topological polar surface area (TPSA) is 209 Å². The number of carbonyl (C=O) groups excluding carboxylic acids is 6. The lowest BCUT2D eigenvalue weighted by Gasteiger charge is -2.56. The lowest BCUT2D eigenvalue weighted by molar-refractivity contribution is -0.158. The number of unbranched alkanes of at least 4 members (excludes halogenated alkanes) is 3. The van der Waals surface area contributed by atoms with E-state index < -0.39 is 78.4 Å². The summed E-state index contributed by atoms with van der Waals surface area (Å²) in [7, 11) is 1.55. The van der Waals surface area contributed by atoms with E-state index in [1.165, 1.54) is 11.8 Å². The van der Waals surface area contributed by atoms with E-state index in [0.717, 1.165) is 51.4 Å². The Morgan fingerprint density at radius 2 is 1.61 bits per heavy atom. The summed E-state index contributed by atoms with van der Waals surface area (Å²) >= 11 is 0. The highest BCUT2D eigenvalue weighted by molar-refractivity contribution is 5.96. The summed E-state index contributed by atoms with van der Waals surface area (Å²) in [6, 6.07) is -4.65. The SMILES string of the molecule is CCCCCC[C@H]1OC(=O)CNC(=O)[C@H]([C@H](C)O)NC(=O)[C@H](CN)NC(=O)[C@H](C2CC3(CCC3)C2)NC(=O)[C@H](CC(C)C)N(C)C(=O)[C@@H]1C. The van der Waals surface area contributed by atoms with Gasteiger partial charge in [-0.1, -0.05) is 53.4 Å². The number of hydrogen-bond acceptors (Lipinski definition) is 9. The molecule has 1 saturated heterocycles. The standard InChI is InChI=1S/C35H60N6O8/c1-7-8-9-10-12-26-21(4)34(48)41(6)25(15-20(2)3)31(45)40-29(23-16-35(17-23)13-11-14-35)33(47)38-24(18-36)30(44)39-28(22(5)42)32(46)37-19-27(43)49-26/h20-26,28-29,42H,7-19,36H2,1-6H3,(H,37,46)(H,38,47)(H,39,44)(H,40,45)/t21-,22+,24+,25+,26-,28+,29+/m1/s1. The highest BCUT2D eigenvalue weighted by Gasteiger charge is 2.52. The highest BCUT2D eigenvalue weighted by Crippen LogP contribution is 2.59. The van der Waals surface area contributed by atoms with E-state index in [2.05, 4.69) is 28.2 Å². The van der Waals surface area contributed by atoms with Crippen LogP contribution in [0.5, 0.6) is 0 Å². The minimum absolute atomic E-state index is 0.0237. The Morgan fingerprint density at radius 1 is 0.939 bits per heavy atom. The number of likely N-dealkylation sites (N-methyl/N-ethyl adjacent to an activating group) is 1. The van der Waals surface area contributed by atoms with Gasteiger partial charge in [-0.25, -0.2) is 0 Å². The zero-order valence-corrected chi connectivity index (χ0v) is 30.2. The van der Waals surface area contributed by atoms with E-state index in [9.17, 15) is 33.9 Å². The van der Waals surface area contributed by atoms with Crippen molar-refractivity contribution < 1.29 is 38.6 Å². The molecule has 278 valence electrons. The van der Waals surface area contributed by atoms with Gasteiger partial charge in [0.1, 0.15) is 36.8 Å². The maximum absolute atomic E-state index is 14.1. The van der Waals surface area contributed by atoms with E-state index in [0.29, 0.717) is 19.3 Å². The van der Waals surface area contributed by atoms with Crippen LogP contribution in [0.2, 0.25) is 0 Å². The second-order valence-electron chi connectivity index (χ2n) is 15.0. The molecule has 7 atom stereocenters. The van der Waals surface area contributed by atoms with E-state index in [1.54, 1.807) is 14.0 Å². The highest BCUT2D eigenvalue weighted by atomic mass is 16.5. The van der Waals surface area contributed by atoms with Crippen molar-refractivity contribution in [2.24, 2.45) is 28.9 Å². The van der Waals surface area contributed by atoms with Crippen LogP contribution < -0.4 is 27.0 Å². The molecule has 14 nitrogen and oxygen atoms in total. The Labute approximate surface area is 290 Å². The number of aliphatic hydroxyl groups excluding tert-OH is 1. The predicted octanol–water partition coefficient (Wildman–Crippen LogP) is 0.882. The van der Waals surface area contributed by atoms with Gasteiger partial charge in [0.2, 0.25) is 29.5 Å². The molecular formula is C35H60N6O8. The van der Waals surface area contributed by atoms with Crippen LogP contribution in [-0.2, 0) is 33.5 Å². The molecule has 2 saturated carbocycles. The van der Waals surface area contributed by atoms with Crippen LogP contribution in [-0.4, -0.2) is 102 Å². The van der Waals surface area contributed by atoms with Gasteiger partial charge < -0.3 is 41.7 Å². The molecule has 14 heteroatoms. The number of esters is 1. The third-order valence-corrected chi connectivity index (χ3v) is 10.6. The molecule has 0 bridgehead atoms. The van der Waals surface area contributed by atoms with Crippen LogP contribution in [0.1, 0.15) is 105 Å². The van der Waals surface area contributed by atoms with Crippen LogP contribution >= 0.6 is 0 Å². The van der Waals surface area contributed by atoms with Crippen molar-refractivity contribution >= 4 is 35.5 Å². The molecule has 5 amide bonds. The van der Waals surface area contributed by atoms with Crippen molar-refractivity contribution in [3.8, 4) is 0 Å². The van der Waals surface area contributed by atoms with Crippen molar-refractivity contribution in [1.82, 2.24) is 26.2 Å². The second-order valence-corrected chi connectivity index (χ2v) is 15.0. The Kier molecular flexibility index (Phi) is 14.9. The third kappa shape index (κ3) is 10.6. The molecule has 3 rings (SSSR count). The number of cyclic esters (lactones) is 1. The molecule has 0 aromatic rings. The maximum Gasteiger partial charge on any atom is 0.325 e. The normalized spacial score (nSPS) is 30.1. The van der Waals surface area contributed by atoms with Crippen molar-refractivity contribution in [1.29, 1.82) is 0 Å². The zero-order chi connectivity index (χ0) is 36.5. The molecule has 3 fully saturated rings. The molecule has 49 heavy (non-hydrogen) atoms. The van der Waals surface area contributed by atoms with Gasteiger partial charge in [0.25, 0.3) is 0 Å². The minimum atomic E-state index is -1.47. The fourth-order valence-corrected chi connectivity index (χ4v) is 7.36. The van der Waals surface area contributed by atoms with Gasteiger partial charge in [-0.05, 0) is 69.1 Å². The van der Waals surface area contributed by atoms with Crippen LogP contribution in [0.4, 0.5) is 0 Å². The molecule has 2 aliphatic carbocycles. The van der Waals surface area contributed by atoms with Crippen LogP contribution in [0, 0.1) is 23.2 Å². The number of ether oxygens (including phenoxy) is 1. The summed E-state index contributed by atoms with van der Waals surface area (Å²) < 4.78 is 5.77. The van der Waals surface area contributed by atoms with E-state index in [-0.39, 0.29) is 29.7 Å². The molecule has 1 aliphatic heterocycles. The van der Waals surface area contributed by atoms with Crippen LogP contribution in [0.25, 0.3) is 0 Å². The molecule has 7 N–H and O–H groups in total. The molecule has 1 spiro atoms. The monoisotopic (exact) mass is 692 g/mol. The molecule has 0 aromatic carbocycles. The number of nitrogens with two attached hydrogens (primary N) is 1. The van der Waals surface area contributed by atoms with Crippen molar-refractivity contribution in [3.63, 3.8) is 0 Å².